The zero-order chi connectivity index (χ0) is 15.8. The van der Waals surface area contributed by atoms with Crippen molar-refractivity contribution < 1.29 is 18.7 Å². The summed E-state index contributed by atoms with van der Waals surface area (Å²) in [5.74, 6) is -0.407. The number of amides is 1. The fraction of sp³-hybridized carbons (Fsp3) is 0.533. The van der Waals surface area contributed by atoms with Crippen LogP contribution in [0.3, 0.4) is 0 Å². The average Bonchev–Trinajstić information content (AvgIpc) is 2.71. The number of methoxy groups -OCH3 is 1. The number of hydrogen-bond donors (Lipinski definition) is 1. The Morgan fingerprint density at radius 2 is 2.10 bits per heavy atom. The van der Waals surface area contributed by atoms with E-state index in [9.17, 15) is 9.18 Å². The number of halogens is 2. The third-order valence-corrected chi connectivity index (χ3v) is 3.66. The van der Waals surface area contributed by atoms with Gasteiger partial charge in [0.15, 0.2) is 0 Å². The molecule has 1 aliphatic rings. The highest BCUT2D eigenvalue weighted by Crippen LogP contribution is 2.39. The zero-order valence-electron chi connectivity index (χ0n) is 12.5. The summed E-state index contributed by atoms with van der Waals surface area (Å²) >= 11 is 6.11. The number of carbonyl (C=O) groups excluding carboxylic acids is 1. The first-order valence-electron chi connectivity index (χ1n) is 6.72. The van der Waals surface area contributed by atoms with E-state index in [2.05, 4.69) is 5.32 Å². The van der Waals surface area contributed by atoms with Gasteiger partial charge in [-0.2, -0.15) is 0 Å². The highest BCUT2D eigenvalue weighted by atomic mass is 35.5. The lowest BCUT2D eigenvalue weighted by atomic mass is 10.1. The number of benzene rings is 1. The van der Waals surface area contributed by atoms with E-state index in [1.54, 1.807) is 20.8 Å². The first-order valence-corrected chi connectivity index (χ1v) is 7.10. The van der Waals surface area contributed by atoms with E-state index in [0.717, 1.165) is 0 Å². The van der Waals surface area contributed by atoms with Crippen LogP contribution < -0.4 is 5.32 Å². The van der Waals surface area contributed by atoms with Crippen LogP contribution >= 0.6 is 11.6 Å². The summed E-state index contributed by atoms with van der Waals surface area (Å²) < 4.78 is 24.7. The predicted molar refractivity (Wildman–Crippen MR) is 78.0 cm³/mol. The maximum Gasteiger partial charge on any atom is 0.408 e. The molecule has 0 saturated heterocycles. The topological polar surface area (TPSA) is 47.6 Å². The summed E-state index contributed by atoms with van der Waals surface area (Å²) in [7, 11) is 1.52. The third-order valence-electron chi connectivity index (χ3n) is 3.31. The normalized spacial score (nSPS) is 21.0. The Labute approximate surface area is 128 Å². The molecule has 2 unspecified atom stereocenters. The predicted octanol–water partition coefficient (Wildman–Crippen LogP) is 3.62. The van der Waals surface area contributed by atoms with Gasteiger partial charge in [0.2, 0.25) is 0 Å². The Balaban J connectivity index is 2.27. The Kier molecular flexibility index (Phi) is 4.44. The van der Waals surface area contributed by atoms with Crippen LogP contribution in [0.15, 0.2) is 12.1 Å². The standard InChI is InChI=1S/C15H19ClFNO3/c1-15(2,3)21-14(19)18-13-11(20-4)7-8-9(16)5-6-10(17)12(8)13/h5-6,11,13H,7H2,1-4H3,(H,18,19). The van der Waals surface area contributed by atoms with Crippen LogP contribution in [0.5, 0.6) is 0 Å². The molecular weight excluding hydrogens is 297 g/mol. The fourth-order valence-corrected chi connectivity index (χ4v) is 2.72. The monoisotopic (exact) mass is 315 g/mol. The summed E-state index contributed by atoms with van der Waals surface area (Å²) in [5, 5.41) is 3.15. The number of carbonyl (C=O) groups is 1. The van der Waals surface area contributed by atoms with Crippen molar-refractivity contribution in [3.63, 3.8) is 0 Å². The molecule has 1 amide bonds. The van der Waals surface area contributed by atoms with E-state index in [-0.39, 0.29) is 6.10 Å². The number of fused-ring (bicyclic) bond motifs is 1. The van der Waals surface area contributed by atoms with Gasteiger partial charge in [-0.3, -0.25) is 0 Å². The Hall–Kier alpha value is -1.33. The minimum Gasteiger partial charge on any atom is -0.444 e. The minimum absolute atomic E-state index is 0.373. The lowest BCUT2D eigenvalue weighted by Crippen LogP contribution is -2.38. The van der Waals surface area contributed by atoms with Crippen molar-refractivity contribution in [1.29, 1.82) is 0 Å². The van der Waals surface area contributed by atoms with Crippen molar-refractivity contribution >= 4 is 17.7 Å². The second-order valence-corrected chi connectivity index (χ2v) is 6.43. The molecule has 0 saturated carbocycles. The molecular formula is C15H19ClFNO3. The lowest BCUT2D eigenvalue weighted by Gasteiger charge is -2.24. The second-order valence-electron chi connectivity index (χ2n) is 6.02. The van der Waals surface area contributed by atoms with Gasteiger partial charge in [0.1, 0.15) is 11.4 Å². The van der Waals surface area contributed by atoms with Gasteiger partial charge in [-0.25, -0.2) is 9.18 Å². The molecule has 2 rings (SSSR count). The summed E-state index contributed by atoms with van der Waals surface area (Å²) in [6.07, 6.45) is -0.535. The smallest absolute Gasteiger partial charge is 0.408 e. The average molecular weight is 316 g/mol. The largest absolute Gasteiger partial charge is 0.444 e. The van der Waals surface area contributed by atoms with E-state index < -0.39 is 23.6 Å². The number of rotatable bonds is 2. The van der Waals surface area contributed by atoms with E-state index in [1.165, 1.54) is 19.2 Å². The van der Waals surface area contributed by atoms with Gasteiger partial charge in [0.05, 0.1) is 12.1 Å². The molecule has 1 aromatic carbocycles. The van der Waals surface area contributed by atoms with Gasteiger partial charge < -0.3 is 14.8 Å². The number of nitrogens with one attached hydrogen (secondary N) is 1. The van der Waals surface area contributed by atoms with Crippen LogP contribution in [0.1, 0.15) is 37.9 Å². The summed E-state index contributed by atoms with van der Waals surface area (Å²) in [4.78, 5) is 11.9. The quantitative estimate of drug-likeness (QED) is 0.907. The first-order chi connectivity index (χ1) is 9.73. The molecule has 0 aromatic heterocycles. The molecule has 0 radical (unpaired) electrons. The molecule has 1 N–H and O–H groups in total. The number of hydrogen-bond acceptors (Lipinski definition) is 3. The molecule has 0 bridgehead atoms. The second kappa shape index (κ2) is 5.81. The van der Waals surface area contributed by atoms with E-state index in [1.807, 2.05) is 0 Å². The summed E-state index contributed by atoms with van der Waals surface area (Å²) in [6, 6.07) is 2.19. The Morgan fingerprint density at radius 1 is 1.43 bits per heavy atom. The van der Waals surface area contributed by atoms with E-state index >= 15 is 0 Å². The van der Waals surface area contributed by atoms with Gasteiger partial charge in [-0.05, 0) is 38.5 Å². The van der Waals surface area contributed by atoms with Crippen LogP contribution in [0, 0.1) is 5.82 Å². The van der Waals surface area contributed by atoms with Crippen LogP contribution in [-0.4, -0.2) is 24.9 Å². The molecule has 0 heterocycles. The SMILES string of the molecule is COC1Cc2c(Cl)ccc(F)c2C1NC(=O)OC(C)(C)C. The number of ether oxygens (including phenoxy) is 2. The Bertz CT molecular complexity index is 557. The molecule has 1 aromatic rings. The maximum atomic E-state index is 14.1. The van der Waals surface area contributed by atoms with Crippen molar-refractivity contribution in [3.8, 4) is 0 Å². The third kappa shape index (κ3) is 3.47. The Morgan fingerprint density at radius 3 is 2.67 bits per heavy atom. The van der Waals surface area contributed by atoms with Crippen LogP contribution in [0.25, 0.3) is 0 Å². The van der Waals surface area contributed by atoms with Crippen molar-refractivity contribution in [2.24, 2.45) is 0 Å². The maximum absolute atomic E-state index is 14.1. The van der Waals surface area contributed by atoms with E-state index in [4.69, 9.17) is 21.1 Å². The van der Waals surface area contributed by atoms with Crippen LogP contribution in [0.4, 0.5) is 9.18 Å². The fourth-order valence-electron chi connectivity index (χ4n) is 2.48. The lowest BCUT2D eigenvalue weighted by molar-refractivity contribution is 0.0365. The first kappa shape index (κ1) is 16.0. The summed E-state index contributed by atoms with van der Waals surface area (Å²) in [6.45, 7) is 5.29. The van der Waals surface area contributed by atoms with Gasteiger partial charge in [-0.1, -0.05) is 11.6 Å². The molecule has 1 aliphatic carbocycles. The zero-order valence-corrected chi connectivity index (χ0v) is 13.3. The molecule has 0 aliphatic heterocycles. The van der Waals surface area contributed by atoms with Crippen molar-refractivity contribution in [2.45, 2.75) is 44.9 Å². The molecule has 0 spiro atoms. The van der Waals surface area contributed by atoms with Crippen LogP contribution in [-0.2, 0) is 15.9 Å². The van der Waals surface area contributed by atoms with Crippen molar-refractivity contribution in [1.82, 2.24) is 5.32 Å². The van der Waals surface area contributed by atoms with Crippen LogP contribution in [0.2, 0.25) is 5.02 Å². The van der Waals surface area contributed by atoms with Crippen molar-refractivity contribution in [3.05, 3.63) is 34.1 Å². The van der Waals surface area contributed by atoms with Gasteiger partial charge in [0.25, 0.3) is 0 Å². The highest BCUT2D eigenvalue weighted by Gasteiger charge is 2.38. The highest BCUT2D eigenvalue weighted by molar-refractivity contribution is 6.31. The molecule has 0 fully saturated rings. The van der Waals surface area contributed by atoms with Gasteiger partial charge >= 0.3 is 6.09 Å². The number of alkyl carbamates (subject to hydrolysis) is 1. The molecule has 21 heavy (non-hydrogen) atoms. The minimum atomic E-state index is -0.624. The van der Waals surface area contributed by atoms with Gasteiger partial charge in [0, 0.05) is 24.1 Å². The summed E-state index contributed by atoms with van der Waals surface area (Å²) in [5.41, 5.74) is 0.422. The van der Waals surface area contributed by atoms with Gasteiger partial charge in [-0.15, -0.1) is 0 Å². The van der Waals surface area contributed by atoms with Crippen molar-refractivity contribution in [2.75, 3.05) is 7.11 Å². The molecule has 4 nitrogen and oxygen atoms in total. The molecule has 2 atom stereocenters. The molecule has 116 valence electrons. The van der Waals surface area contributed by atoms with E-state index in [0.29, 0.717) is 22.6 Å². The molecule has 6 heteroatoms.